The number of rotatable bonds is 4. The van der Waals surface area contributed by atoms with Gasteiger partial charge in [-0.25, -0.2) is 10.1 Å². The Morgan fingerprint density at radius 1 is 1.26 bits per heavy atom. The summed E-state index contributed by atoms with van der Waals surface area (Å²) in [6, 6.07) is 6.70. The Balaban J connectivity index is 1.91. The standard InChI is InChI=1S/C23H20Cl2O6/c1-4-12-5-10(2)6-14(20(12)31-28)19(26)11(3)16-9-29-22-15-7-13(24)8-17(25)21(15)30-23(27)18(16)22/h5-8,16,26,28H,4,9H2,1-3H3/b19-11-. The maximum atomic E-state index is 12.8. The van der Waals surface area contributed by atoms with Gasteiger partial charge >= 0.3 is 5.63 Å². The molecule has 2 heterocycles. The van der Waals surface area contributed by atoms with Gasteiger partial charge in [-0.3, -0.25) is 0 Å². The molecule has 1 unspecified atom stereocenters. The third-order valence-corrected chi connectivity index (χ3v) is 6.09. The average molecular weight is 463 g/mol. The molecule has 1 aliphatic rings. The van der Waals surface area contributed by atoms with Crippen LogP contribution in [0.3, 0.4) is 0 Å². The van der Waals surface area contributed by atoms with Crippen LogP contribution in [0.25, 0.3) is 16.7 Å². The minimum Gasteiger partial charge on any atom is -0.507 e. The second-order valence-electron chi connectivity index (χ2n) is 7.54. The van der Waals surface area contributed by atoms with Crippen LogP contribution in [0.15, 0.2) is 39.1 Å². The lowest BCUT2D eigenvalue weighted by Crippen LogP contribution is -2.13. The highest BCUT2D eigenvalue weighted by Crippen LogP contribution is 2.45. The van der Waals surface area contributed by atoms with E-state index in [1.807, 2.05) is 19.9 Å². The van der Waals surface area contributed by atoms with Gasteiger partial charge in [0.25, 0.3) is 0 Å². The highest BCUT2D eigenvalue weighted by Gasteiger charge is 2.34. The SMILES string of the molecule is CCc1cc(C)cc(/C(O)=C(\C)C2COc3c2c(=O)oc2c(Cl)cc(Cl)cc32)c1OO. The van der Waals surface area contributed by atoms with Crippen LogP contribution >= 0.6 is 23.2 Å². The molecule has 8 heteroatoms. The molecule has 1 aliphatic heterocycles. The Kier molecular flexibility index (Phi) is 5.64. The van der Waals surface area contributed by atoms with Crippen molar-refractivity contribution in [2.24, 2.45) is 0 Å². The van der Waals surface area contributed by atoms with Gasteiger partial charge in [0.15, 0.2) is 11.3 Å². The number of aliphatic hydroxyl groups excluding tert-OH is 1. The molecule has 0 bridgehead atoms. The molecule has 162 valence electrons. The lowest BCUT2D eigenvalue weighted by atomic mass is 9.90. The van der Waals surface area contributed by atoms with Crippen LogP contribution in [0.1, 0.15) is 42.0 Å². The predicted octanol–water partition coefficient (Wildman–Crippen LogP) is 6.29. The van der Waals surface area contributed by atoms with Crippen LogP contribution in [0, 0.1) is 6.92 Å². The van der Waals surface area contributed by atoms with Gasteiger partial charge in [-0.15, -0.1) is 0 Å². The first kappa shape index (κ1) is 21.6. The van der Waals surface area contributed by atoms with E-state index in [4.69, 9.17) is 32.4 Å². The van der Waals surface area contributed by atoms with Crippen LogP contribution in [-0.4, -0.2) is 17.0 Å². The lowest BCUT2D eigenvalue weighted by Gasteiger charge is -2.16. The van der Waals surface area contributed by atoms with E-state index in [1.54, 1.807) is 19.1 Å². The van der Waals surface area contributed by atoms with Gasteiger partial charge in [-0.05, 0) is 55.2 Å². The van der Waals surface area contributed by atoms with Gasteiger partial charge in [-0.1, -0.05) is 36.2 Å². The zero-order chi connectivity index (χ0) is 22.4. The third kappa shape index (κ3) is 3.55. The zero-order valence-electron chi connectivity index (χ0n) is 17.1. The van der Waals surface area contributed by atoms with Crippen molar-refractivity contribution in [1.82, 2.24) is 0 Å². The first-order valence-electron chi connectivity index (χ1n) is 9.70. The summed E-state index contributed by atoms with van der Waals surface area (Å²) in [5.74, 6) is -0.156. The van der Waals surface area contributed by atoms with Crippen molar-refractivity contribution in [3.8, 4) is 11.5 Å². The molecular formula is C23H20Cl2O6. The molecule has 0 saturated carbocycles. The number of fused-ring (bicyclic) bond motifs is 3. The monoisotopic (exact) mass is 462 g/mol. The Morgan fingerprint density at radius 2 is 2.00 bits per heavy atom. The van der Waals surface area contributed by atoms with Crippen molar-refractivity contribution in [1.29, 1.82) is 0 Å². The summed E-state index contributed by atoms with van der Waals surface area (Å²) in [5.41, 5.74) is 2.33. The van der Waals surface area contributed by atoms with E-state index in [-0.39, 0.29) is 34.3 Å². The van der Waals surface area contributed by atoms with E-state index in [9.17, 15) is 15.2 Å². The van der Waals surface area contributed by atoms with E-state index in [0.717, 1.165) is 11.1 Å². The number of benzene rings is 2. The highest BCUT2D eigenvalue weighted by atomic mass is 35.5. The van der Waals surface area contributed by atoms with E-state index < -0.39 is 11.5 Å². The van der Waals surface area contributed by atoms with Gasteiger partial charge < -0.3 is 19.1 Å². The third-order valence-electron chi connectivity index (χ3n) is 5.59. The van der Waals surface area contributed by atoms with Crippen molar-refractivity contribution in [2.75, 3.05) is 6.61 Å². The second kappa shape index (κ2) is 8.11. The molecule has 3 aromatic rings. The fourth-order valence-corrected chi connectivity index (χ4v) is 4.57. The van der Waals surface area contributed by atoms with Crippen LogP contribution in [-0.2, 0) is 6.42 Å². The van der Waals surface area contributed by atoms with Crippen LogP contribution in [0.2, 0.25) is 10.0 Å². The molecule has 0 saturated heterocycles. The average Bonchev–Trinajstić information content (AvgIpc) is 3.19. The molecule has 0 aliphatic carbocycles. The Morgan fingerprint density at radius 3 is 2.68 bits per heavy atom. The molecular weight excluding hydrogens is 443 g/mol. The number of aryl methyl sites for hydroxylation is 2. The molecule has 0 radical (unpaired) electrons. The molecule has 0 amide bonds. The highest BCUT2D eigenvalue weighted by molar-refractivity contribution is 6.38. The molecule has 2 aromatic carbocycles. The number of hydrogen-bond donors (Lipinski definition) is 2. The summed E-state index contributed by atoms with van der Waals surface area (Å²) < 4.78 is 11.3. The van der Waals surface area contributed by atoms with Gasteiger partial charge in [0, 0.05) is 5.02 Å². The fourth-order valence-electron chi connectivity index (χ4n) is 4.04. The molecule has 1 aromatic heterocycles. The summed E-state index contributed by atoms with van der Waals surface area (Å²) >= 11 is 12.3. The quantitative estimate of drug-likeness (QED) is 0.205. The number of halogens is 2. The van der Waals surface area contributed by atoms with E-state index in [1.165, 1.54) is 6.07 Å². The van der Waals surface area contributed by atoms with E-state index in [0.29, 0.717) is 33.7 Å². The maximum Gasteiger partial charge on any atom is 0.344 e. The largest absolute Gasteiger partial charge is 0.507 e. The normalized spacial score (nSPS) is 16.1. The Labute approximate surface area is 188 Å². The molecule has 4 rings (SSSR count). The summed E-state index contributed by atoms with van der Waals surface area (Å²) in [6.07, 6.45) is 0.601. The summed E-state index contributed by atoms with van der Waals surface area (Å²) in [6.45, 7) is 5.63. The molecule has 31 heavy (non-hydrogen) atoms. The zero-order valence-corrected chi connectivity index (χ0v) is 18.6. The van der Waals surface area contributed by atoms with Crippen molar-refractivity contribution in [3.63, 3.8) is 0 Å². The number of hydrogen-bond acceptors (Lipinski definition) is 6. The molecule has 1 atom stereocenters. The topological polar surface area (TPSA) is 89.1 Å². The summed E-state index contributed by atoms with van der Waals surface area (Å²) in [4.78, 5) is 17.4. The van der Waals surface area contributed by atoms with E-state index >= 15 is 0 Å². The molecule has 2 N–H and O–H groups in total. The van der Waals surface area contributed by atoms with Crippen LogP contribution in [0.4, 0.5) is 0 Å². The number of ether oxygens (including phenoxy) is 1. The summed E-state index contributed by atoms with van der Waals surface area (Å²) in [7, 11) is 0. The Hall–Kier alpha value is -2.67. The van der Waals surface area contributed by atoms with Gasteiger partial charge in [-0.2, -0.15) is 0 Å². The van der Waals surface area contributed by atoms with Crippen molar-refractivity contribution in [3.05, 3.63) is 72.6 Å². The van der Waals surface area contributed by atoms with Gasteiger partial charge in [0.2, 0.25) is 0 Å². The lowest BCUT2D eigenvalue weighted by molar-refractivity contribution is -0.138. The van der Waals surface area contributed by atoms with Crippen LogP contribution < -0.4 is 15.3 Å². The molecule has 0 spiro atoms. The van der Waals surface area contributed by atoms with Crippen molar-refractivity contribution >= 4 is 39.9 Å². The van der Waals surface area contributed by atoms with Crippen molar-refractivity contribution in [2.45, 2.75) is 33.1 Å². The minimum atomic E-state index is -0.599. The Bertz CT molecular complexity index is 1290. The second-order valence-corrected chi connectivity index (χ2v) is 8.38. The maximum absolute atomic E-state index is 12.8. The van der Waals surface area contributed by atoms with Crippen molar-refractivity contribution < 1.29 is 24.4 Å². The molecule has 0 fully saturated rings. The summed E-state index contributed by atoms with van der Waals surface area (Å²) in [5, 5.41) is 21.6. The van der Waals surface area contributed by atoms with Crippen LogP contribution in [0.5, 0.6) is 11.5 Å². The van der Waals surface area contributed by atoms with Gasteiger partial charge in [0.05, 0.1) is 34.1 Å². The molecule has 6 nitrogen and oxygen atoms in total. The predicted molar refractivity (Wildman–Crippen MR) is 120 cm³/mol. The minimum absolute atomic E-state index is 0.104. The smallest absolute Gasteiger partial charge is 0.344 e. The first-order chi connectivity index (χ1) is 14.8. The van der Waals surface area contributed by atoms with Gasteiger partial charge in [0.1, 0.15) is 11.5 Å². The fraction of sp³-hybridized carbons (Fsp3) is 0.261. The first-order valence-corrected chi connectivity index (χ1v) is 10.5. The van der Waals surface area contributed by atoms with E-state index in [2.05, 4.69) is 4.89 Å². The number of aliphatic hydroxyl groups is 1.